The van der Waals surface area contributed by atoms with Crippen LogP contribution in [-0.4, -0.2) is 34.0 Å². The smallest absolute Gasteiger partial charge is 0.314 e. The Bertz CT molecular complexity index is 635. The zero-order chi connectivity index (χ0) is 17.5. The molecule has 0 saturated carbocycles. The van der Waals surface area contributed by atoms with Crippen LogP contribution in [0.5, 0.6) is 0 Å². The summed E-state index contributed by atoms with van der Waals surface area (Å²) < 4.78 is 1.84. The lowest BCUT2D eigenvalue weighted by atomic mass is 10.0. The molecule has 0 spiro atoms. The molecule has 0 fully saturated rings. The molecule has 1 aromatic carbocycles. The van der Waals surface area contributed by atoms with Crippen molar-refractivity contribution in [2.45, 2.75) is 33.4 Å². The van der Waals surface area contributed by atoms with Gasteiger partial charge in [-0.1, -0.05) is 36.2 Å². The van der Waals surface area contributed by atoms with Crippen LogP contribution in [0, 0.1) is 19.8 Å². The van der Waals surface area contributed by atoms with E-state index in [4.69, 9.17) is 0 Å². The van der Waals surface area contributed by atoms with Gasteiger partial charge in [0.2, 0.25) is 0 Å². The van der Waals surface area contributed by atoms with Crippen molar-refractivity contribution in [2.24, 2.45) is 5.92 Å². The first-order valence-corrected chi connectivity index (χ1v) is 8.19. The van der Waals surface area contributed by atoms with E-state index in [-0.39, 0.29) is 18.5 Å². The Morgan fingerprint density at radius 1 is 1.21 bits per heavy atom. The van der Waals surface area contributed by atoms with Gasteiger partial charge < -0.3 is 15.7 Å². The number of rotatable bonds is 7. The summed E-state index contributed by atoms with van der Waals surface area (Å²) in [5.74, 6) is 0.264. The normalized spacial score (nSPS) is 13.3. The maximum Gasteiger partial charge on any atom is 0.314 e. The van der Waals surface area contributed by atoms with Crippen molar-refractivity contribution < 1.29 is 9.90 Å². The van der Waals surface area contributed by atoms with E-state index in [1.165, 1.54) is 0 Å². The molecule has 0 saturated heterocycles. The summed E-state index contributed by atoms with van der Waals surface area (Å²) in [5.41, 5.74) is 3.02. The van der Waals surface area contributed by atoms with Crippen LogP contribution >= 0.6 is 0 Å². The first kappa shape index (κ1) is 18.0. The highest BCUT2D eigenvalue weighted by atomic mass is 16.3. The first-order chi connectivity index (χ1) is 11.4. The number of urea groups is 1. The van der Waals surface area contributed by atoms with Gasteiger partial charge in [-0.3, -0.25) is 4.68 Å². The zero-order valence-electron chi connectivity index (χ0n) is 14.5. The largest absolute Gasteiger partial charge is 0.387 e. The van der Waals surface area contributed by atoms with Crippen molar-refractivity contribution in [3.8, 4) is 0 Å². The molecule has 130 valence electrons. The first-order valence-electron chi connectivity index (χ1n) is 8.19. The minimum atomic E-state index is -0.712. The lowest BCUT2D eigenvalue weighted by molar-refractivity contribution is 0.172. The summed E-state index contributed by atoms with van der Waals surface area (Å²) in [6, 6.07) is 7.52. The second kappa shape index (κ2) is 8.49. The molecule has 2 rings (SSSR count). The number of nitrogens with one attached hydrogen (secondary N) is 2. The van der Waals surface area contributed by atoms with Gasteiger partial charge in [0, 0.05) is 32.0 Å². The molecule has 1 aromatic heterocycles. The predicted octanol–water partition coefficient (Wildman–Crippen LogP) is 2.17. The number of aromatic nitrogens is 2. The molecule has 3 N–H and O–H groups in total. The van der Waals surface area contributed by atoms with Gasteiger partial charge in [-0.15, -0.1) is 0 Å². The topological polar surface area (TPSA) is 79.2 Å². The van der Waals surface area contributed by atoms with Crippen molar-refractivity contribution in [3.63, 3.8) is 0 Å². The molecule has 2 aromatic rings. The standard InChI is InChI=1S/C18H26N4O2/c1-13-7-14(2)9-16(8-13)17(23)11-20-18(24)19-10-15(3)12-22-6-4-5-21-22/h4-9,15,17,23H,10-12H2,1-3H3,(H2,19,20,24)/t15-,17-/m0/s1. The maximum absolute atomic E-state index is 11.9. The fourth-order valence-electron chi connectivity index (χ4n) is 2.63. The van der Waals surface area contributed by atoms with Crippen LogP contribution in [0.2, 0.25) is 0 Å². The summed E-state index contributed by atoms with van der Waals surface area (Å²) in [7, 11) is 0. The molecule has 2 amide bonds. The van der Waals surface area contributed by atoms with Gasteiger partial charge in [0.25, 0.3) is 0 Å². The van der Waals surface area contributed by atoms with Crippen LogP contribution in [0.1, 0.15) is 29.7 Å². The number of carbonyl (C=O) groups is 1. The minimum absolute atomic E-state index is 0.183. The second-order valence-corrected chi connectivity index (χ2v) is 6.36. The molecule has 0 bridgehead atoms. The van der Waals surface area contributed by atoms with E-state index in [1.807, 2.05) is 49.8 Å². The number of benzene rings is 1. The third kappa shape index (κ3) is 5.70. The Kier molecular flexibility index (Phi) is 6.37. The van der Waals surface area contributed by atoms with Crippen molar-refractivity contribution in [3.05, 3.63) is 53.3 Å². The number of nitrogens with zero attached hydrogens (tertiary/aromatic N) is 2. The van der Waals surface area contributed by atoms with Gasteiger partial charge in [-0.05, 0) is 31.4 Å². The van der Waals surface area contributed by atoms with Gasteiger partial charge in [0.05, 0.1) is 6.10 Å². The number of carbonyl (C=O) groups excluding carboxylic acids is 1. The van der Waals surface area contributed by atoms with Crippen molar-refractivity contribution in [2.75, 3.05) is 13.1 Å². The number of hydrogen-bond acceptors (Lipinski definition) is 3. The third-order valence-corrected chi connectivity index (χ3v) is 3.75. The van der Waals surface area contributed by atoms with E-state index < -0.39 is 6.10 Å². The highest BCUT2D eigenvalue weighted by Crippen LogP contribution is 2.16. The SMILES string of the molecule is Cc1cc(C)cc([C@@H](O)CNC(=O)NC[C@H](C)Cn2cccn2)c1. The Morgan fingerprint density at radius 2 is 1.88 bits per heavy atom. The third-order valence-electron chi connectivity index (χ3n) is 3.75. The molecule has 1 heterocycles. The van der Waals surface area contributed by atoms with Crippen LogP contribution in [-0.2, 0) is 6.54 Å². The molecule has 6 heteroatoms. The van der Waals surface area contributed by atoms with Crippen LogP contribution in [0.3, 0.4) is 0 Å². The lowest BCUT2D eigenvalue weighted by Gasteiger charge is -2.16. The fraction of sp³-hybridized carbons (Fsp3) is 0.444. The van der Waals surface area contributed by atoms with Gasteiger partial charge in [-0.2, -0.15) is 5.10 Å². The van der Waals surface area contributed by atoms with Gasteiger partial charge >= 0.3 is 6.03 Å². The average Bonchev–Trinajstić information content (AvgIpc) is 3.02. The van der Waals surface area contributed by atoms with Gasteiger partial charge in [-0.25, -0.2) is 4.79 Å². The molecule has 0 aliphatic heterocycles. The lowest BCUT2D eigenvalue weighted by Crippen LogP contribution is -2.40. The van der Waals surface area contributed by atoms with Crippen molar-refractivity contribution >= 4 is 6.03 Å². The van der Waals surface area contributed by atoms with Crippen molar-refractivity contribution in [1.29, 1.82) is 0 Å². The summed E-state index contributed by atoms with van der Waals surface area (Å²) in [6.07, 6.45) is 2.92. The molecule has 0 unspecified atom stereocenters. The fourth-order valence-corrected chi connectivity index (χ4v) is 2.63. The molecule has 24 heavy (non-hydrogen) atoms. The zero-order valence-corrected chi connectivity index (χ0v) is 14.5. The minimum Gasteiger partial charge on any atom is -0.387 e. The number of amides is 2. The van der Waals surface area contributed by atoms with Crippen LogP contribution < -0.4 is 10.6 Å². The van der Waals surface area contributed by atoms with Crippen LogP contribution in [0.15, 0.2) is 36.7 Å². The molecule has 0 aliphatic rings. The summed E-state index contributed by atoms with van der Waals surface area (Å²) in [5, 5.41) is 19.9. The van der Waals surface area contributed by atoms with E-state index in [0.717, 1.165) is 23.2 Å². The van der Waals surface area contributed by atoms with Gasteiger partial charge in [0.15, 0.2) is 0 Å². The molecule has 6 nitrogen and oxygen atoms in total. The molecule has 2 atom stereocenters. The number of aliphatic hydroxyl groups is 1. The highest BCUT2D eigenvalue weighted by molar-refractivity contribution is 5.73. The van der Waals surface area contributed by atoms with E-state index in [9.17, 15) is 9.90 Å². The highest BCUT2D eigenvalue weighted by Gasteiger charge is 2.11. The van der Waals surface area contributed by atoms with E-state index >= 15 is 0 Å². The predicted molar refractivity (Wildman–Crippen MR) is 93.7 cm³/mol. The summed E-state index contributed by atoms with van der Waals surface area (Å²) in [4.78, 5) is 11.9. The average molecular weight is 330 g/mol. The van der Waals surface area contributed by atoms with Gasteiger partial charge in [0.1, 0.15) is 0 Å². The van der Waals surface area contributed by atoms with Crippen molar-refractivity contribution in [1.82, 2.24) is 20.4 Å². The monoisotopic (exact) mass is 330 g/mol. The Labute approximate surface area is 142 Å². The molecular weight excluding hydrogens is 304 g/mol. The van der Waals surface area contributed by atoms with E-state index in [0.29, 0.717) is 6.54 Å². The second-order valence-electron chi connectivity index (χ2n) is 6.36. The summed E-state index contributed by atoms with van der Waals surface area (Å²) >= 11 is 0. The number of aliphatic hydroxyl groups excluding tert-OH is 1. The molecule has 0 radical (unpaired) electrons. The molecular formula is C18H26N4O2. The Balaban J connectivity index is 1.72. The quantitative estimate of drug-likeness (QED) is 0.728. The number of aryl methyl sites for hydroxylation is 2. The number of hydrogen-bond donors (Lipinski definition) is 3. The maximum atomic E-state index is 11.9. The van der Waals surface area contributed by atoms with E-state index in [2.05, 4.69) is 21.8 Å². The molecule has 0 aliphatic carbocycles. The Morgan fingerprint density at radius 3 is 2.50 bits per heavy atom. The van der Waals surface area contributed by atoms with Crippen LogP contribution in [0.25, 0.3) is 0 Å². The van der Waals surface area contributed by atoms with E-state index in [1.54, 1.807) is 6.20 Å². The Hall–Kier alpha value is -2.34. The van der Waals surface area contributed by atoms with Crippen LogP contribution in [0.4, 0.5) is 4.79 Å². The summed E-state index contributed by atoms with van der Waals surface area (Å²) in [6.45, 7) is 7.51.